The SMILES string of the molecule is CCOc1c(Br)cc(/C=N/Nc2ccc(C(=O)O)cn2)cc1Br. The summed E-state index contributed by atoms with van der Waals surface area (Å²) < 4.78 is 7.15. The van der Waals surface area contributed by atoms with Gasteiger partial charge in [-0.25, -0.2) is 9.78 Å². The van der Waals surface area contributed by atoms with E-state index in [-0.39, 0.29) is 5.56 Å². The van der Waals surface area contributed by atoms with Gasteiger partial charge < -0.3 is 9.84 Å². The minimum atomic E-state index is -1.02. The maximum atomic E-state index is 10.7. The van der Waals surface area contributed by atoms with Gasteiger partial charge in [0.15, 0.2) is 0 Å². The van der Waals surface area contributed by atoms with Crippen LogP contribution in [-0.2, 0) is 0 Å². The van der Waals surface area contributed by atoms with Gasteiger partial charge >= 0.3 is 5.97 Å². The molecule has 2 aromatic rings. The van der Waals surface area contributed by atoms with Crippen molar-refractivity contribution in [1.29, 1.82) is 0 Å². The van der Waals surface area contributed by atoms with Crippen molar-refractivity contribution in [3.63, 3.8) is 0 Å². The first-order valence-corrected chi connectivity index (χ1v) is 8.20. The standard InChI is InChI=1S/C15H13Br2N3O3/c1-2-23-14-11(16)5-9(6-12(14)17)7-19-20-13-4-3-10(8-18-13)15(21)22/h3-8H,2H2,1H3,(H,18,20)(H,21,22)/b19-7+. The van der Waals surface area contributed by atoms with Crippen LogP contribution in [0.15, 0.2) is 44.5 Å². The number of carboxylic acids is 1. The van der Waals surface area contributed by atoms with Crippen molar-refractivity contribution >= 4 is 49.9 Å². The lowest BCUT2D eigenvalue weighted by Crippen LogP contribution is -1.99. The Kier molecular flexibility index (Phi) is 6.12. The van der Waals surface area contributed by atoms with E-state index in [1.54, 1.807) is 12.3 Å². The van der Waals surface area contributed by atoms with Crippen molar-refractivity contribution in [1.82, 2.24) is 4.98 Å². The first-order valence-electron chi connectivity index (χ1n) is 6.61. The lowest BCUT2D eigenvalue weighted by Gasteiger charge is -2.09. The van der Waals surface area contributed by atoms with Crippen LogP contribution in [0.2, 0.25) is 0 Å². The maximum Gasteiger partial charge on any atom is 0.337 e. The lowest BCUT2D eigenvalue weighted by molar-refractivity contribution is 0.0696. The van der Waals surface area contributed by atoms with Crippen LogP contribution in [0, 0.1) is 0 Å². The molecule has 23 heavy (non-hydrogen) atoms. The Labute approximate surface area is 149 Å². The van der Waals surface area contributed by atoms with Gasteiger partial charge in [0.05, 0.1) is 27.3 Å². The zero-order chi connectivity index (χ0) is 16.8. The highest BCUT2D eigenvalue weighted by Gasteiger charge is 2.07. The number of halogens is 2. The molecule has 0 atom stereocenters. The molecule has 1 aromatic heterocycles. The Morgan fingerprint density at radius 1 is 1.39 bits per heavy atom. The highest BCUT2D eigenvalue weighted by Crippen LogP contribution is 2.34. The molecule has 0 spiro atoms. The molecule has 1 heterocycles. The number of hydrogen-bond donors (Lipinski definition) is 2. The van der Waals surface area contributed by atoms with Gasteiger partial charge in [-0.05, 0) is 68.6 Å². The average Bonchev–Trinajstić information content (AvgIpc) is 2.51. The molecular weight excluding hydrogens is 430 g/mol. The number of ether oxygens (including phenoxy) is 1. The smallest absolute Gasteiger partial charge is 0.337 e. The number of rotatable bonds is 6. The van der Waals surface area contributed by atoms with Gasteiger partial charge in [-0.15, -0.1) is 0 Å². The van der Waals surface area contributed by atoms with Gasteiger partial charge in [0.2, 0.25) is 0 Å². The van der Waals surface area contributed by atoms with Gasteiger partial charge in [0.1, 0.15) is 11.6 Å². The largest absolute Gasteiger partial charge is 0.492 e. The third-order valence-electron chi connectivity index (χ3n) is 2.71. The monoisotopic (exact) mass is 441 g/mol. The van der Waals surface area contributed by atoms with Crippen LogP contribution in [-0.4, -0.2) is 28.9 Å². The first-order chi connectivity index (χ1) is 11.0. The second-order valence-corrected chi connectivity index (χ2v) is 6.06. The van der Waals surface area contributed by atoms with E-state index in [9.17, 15) is 4.79 Å². The Morgan fingerprint density at radius 2 is 2.09 bits per heavy atom. The number of hydrogen-bond acceptors (Lipinski definition) is 5. The van der Waals surface area contributed by atoms with E-state index < -0.39 is 5.97 Å². The minimum Gasteiger partial charge on any atom is -0.492 e. The van der Waals surface area contributed by atoms with Crippen LogP contribution >= 0.6 is 31.9 Å². The topological polar surface area (TPSA) is 83.8 Å². The van der Waals surface area contributed by atoms with Gasteiger partial charge in [0, 0.05) is 6.20 Å². The summed E-state index contributed by atoms with van der Waals surface area (Å²) in [7, 11) is 0. The number of hydrazone groups is 1. The molecule has 2 rings (SSSR count). The van der Waals surface area contributed by atoms with Crippen LogP contribution in [0.4, 0.5) is 5.82 Å². The Morgan fingerprint density at radius 3 is 2.61 bits per heavy atom. The van der Waals surface area contributed by atoms with Crippen LogP contribution in [0.1, 0.15) is 22.8 Å². The molecule has 1 aromatic carbocycles. The van der Waals surface area contributed by atoms with E-state index in [0.29, 0.717) is 12.4 Å². The molecule has 0 aliphatic rings. The van der Waals surface area contributed by atoms with Crippen LogP contribution < -0.4 is 10.2 Å². The van der Waals surface area contributed by atoms with E-state index >= 15 is 0 Å². The third-order valence-corrected chi connectivity index (χ3v) is 3.89. The van der Waals surface area contributed by atoms with Gasteiger partial charge in [-0.1, -0.05) is 0 Å². The summed E-state index contributed by atoms with van der Waals surface area (Å²) in [4.78, 5) is 14.7. The number of pyridine rings is 1. The molecule has 6 nitrogen and oxygen atoms in total. The Bertz CT molecular complexity index is 710. The van der Waals surface area contributed by atoms with E-state index in [1.165, 1.54) is 12.3 Å². The molecule has 0 fully saturated rings. The molecule has 2 N–H and O–H groups in total. The van der Waals surface area contributed by atoms with E-state index in [4.69, 9.17) is 9.84 Å². The Hall–Kier alpha value is -1.93. The quantitative estimate of drug-likeness (QED) is 0.518. The van der Waals surface area contributed by atoms with E-state index in [2.05, 4.69) is 47.4 Å². The number of carbonyl (C=O) groups is 1. The summed E-state index contributed by atoms with van der Waals surface area (Å²) in [5.74, 6) is 0.176. The molecule has 0 aliphatic heterocycles. The van der Waals surface area contributed by atoms with Crippen molar-refractivity contribution in [2.24, 2.45) is 5.10 Å². The highest BCUT2D eigenvalue weighted by atomic mass is 79.9. The second-order valence-electron chi connectivity index (χ2n) is 4.35. The zero-order valence-corrected chi connectivity index (χ0v) is 15.3. The van der Waals surface area contributed by atoms with Crippen LogP contribution in [0.3, 0.4) is 0 Å². The summed E-state index contributed by atoms with van der Waals surface area (Å²) in [6, 6.07) is 6.76. The molecule has 120 valence electrons. The fourth-order valence-corrected chi connectivity index (χ4v) is 3.15. The average molecular weight is 443 g/mol. The number of benzene rings is 1. The van der Waals surface area contributed by atoms with Crippen molar-refractivity contribution < 1.29 is 14.6 Å². The van der Waals surface area contributed by atoms with E-state index in [0.717, 1.165) is 20.3 Å². The molecule has 0 radical (unpaired) electrons. The fourth-order valence-electron chi connectivity index (χ4n) is 1.70. The summed E-state index contributed by atoms with van der Waals surface area (Å²) in [5.41, 5.74) is 3.71. The molecular formula is C15H13Br2N3O3. The summed E-state index contributed by atoms with van der Waals surface area (Å²) in [6.07, 6.45) is 2.89. The Balaban J connectivity index is 2.07. The molecule has 0 aliphatic carbocycles. The van der Waals surface area contributed by atoms with Gasteiger partial charge in [0.25, 0.3) is 0 Å². The lowest BCUT2D eigenvalue weighted by atomic mass is 10.2. The molecule has 0 saturated heterocycles. The molecule has 0 amide bonds. The van der Waals surface area contributed by atoms with Gasteiger partial charge in [-0.2, -0.15) is 5.10 Å². The van der Waals surface area contributed by atoms with E-state index in [1.807, 2.05) is 19.1 Å². The number of aromatic nitrogens is 1. The van der Waals surface area contributed by atoms with Gasteiger partial charge in [-0.3, -0.25) is 5.43 Å². The zero-order valence-electron chi connectivity index (χ0n) is 12.1. The molecule has 8 heteroatoms. The molecule has 0 unspecified atom stereocenters. The number of nitrogens with one attached hydrogen (secondary N) is 1. The first kappa shape index (κ1) is 17.4. The third kappa shape index (κ3) is 4.77. The minimum absolute atomic E-state index is 0.124. The van der Waals surface area contributed by atoms with Crippen molar-refractivity contribution in [2.75, 3.05) is 12.0 Å². The summed E-state index contributed by atoms with van der Waals surface area (Å²) in [6.45, 7) is 2.49. The second kappa shape index (κ2) is 8.07. The predicted molar refractivity (Wildman–Crippen MR) is 95.4 cm³/mol. The van der Waals surface area contributed by atoms with Crippen molar-refractivity contribution in [2.45, 2.75) is 6.92 Å². The molecule has 0 bridgehead atoms. The summed E-state index contributed by atoms with van der Waals surface area (Å²) >= 11 is 6.90. The molecule has 0 saturated carbocycles. The maximum absolute atomic E-state index is 10.7. The summed E-state index contributed by atoms with van der Waals surface area (Å²) in [5, 5.41) is 12.9. The highest BCUT2D eigenvalue weighted by molar-refractivity contribution is 9.11. The van der Waals surface area contributed by atoms with Crippen molar-refractivity contribution in [3.05, 3.63) is 50.5 Å². The predicted octanol–water partition coefficient (Wildman–Crippen LogP) is 4.15. The fraction of sp³-hybridized carbons (Fsp3) is 0.133. The number of carboxylic acid groups (broad SMARTS) is 1. The normalized spacial score (nSPS) is 10.7. The number of anilines is 1. The number of nitrogens with zero attached hydrogens (tertiary/aromatic N) is 2. The number of aromatic carboxylic acids is 1. The van der Waals surface area contributed by atoms with Crippen LogP contribution in [0.5, 0.6) is 5.75 Å². The van der Waals surface area contributed by atoms with Crippen LogP contribution in [0.25, 0.3) is 0 Å². The van der Waals surface area contributed by atoms with Crippen molar-refractivity contribution in [3.8, 4) is 5.75 Å².